The topological polar surface area (TPSA) is 69.0 Å². The average Bonchev–Trinajstić information content (AvgIpc) is 3.54. The van der Waals surface area contributed by atoms with Gasteiger partial charge in [-0.15, -0.1) is 0 Å². The Balaban J connectivity index is 1.54. The summed E-state index contributed by atoms with van der Waals surface area (Å²) in [6, 6.07) is 10.5. The molecule has 2 aliphatic carbocycles. The molecule has 0 spiro atoms. The molecular weight excluding hydrogens is 391 g/mol. The van der Waals surface area contributed by atoms with Crippen LogP contribution in [0.2, 0.25) is 0 Å². The predicted octanol–water partition coefficient (Wildman–Crippen LogP) is 5.08. The van der Waals surface area contributed by atoms with Crippen molar-refractivity contribution in [3.05, 3.63) is 59.0 Å². The van der Waals surface area contributed by atoms with Gasteiger partial charge in [0.05, 0.1) is 5.56 Å². The van der Waals surface area contributed by atoms with Crippen LogP contribution in [0, 0.1) is 35.4 Å². The second kappa shape index (κ2) is 7.96. The van der Waals surface area contributed by atoms with E-state index in [9.17, 15) is 9.18 Å². The van der Waals surface area contributed by atoms with Gasteiger partial charge in [-0.1, -0.05) is 26.0 Å². The molecule has 2 fully saturated rings. The number of nitrogens with one attached hydrogen (secondary N) is 1. The number of nitrogens with zero attached hydrogens (tertiary/aromatic N) is 3. The third kappa shape index (κ3) is 4.56. The molecule has 2 saturated carbocycles. The van der Waals surface area contributed by atoms with E-state index in [1.54, 1.807) is 23.1 Å². The molecule has 0 bridgehead atoms. The Bertz CT molecular complexity index is 1030. The average molecular weight is 421 g/mol. The third-order valence-electron chi connectivity index (χ3n) is 6.61. The smallest absolute Gasteiger partial charge is 0.323 e. The number of carbonyl (C=O) groups excluding carboxylic acids is 1. The molecule has 1 aromatic heterocycles. The number of urea groups is 1. The second-order valence-corrected chi connectivity index (χ2v) is 9.93. The van der Waals surface area contributed by atoms with E-state index in [2.05, 4.69) is 30.2 Å². The van der Waals surface area contributed by atoms with Gasteiger partial charge in [0.1, 0.15) is 17.7 Å². The molecule has 5 nitrogen and oxygen atoms in total. The fraction of sp³-hybridized carbons (Fsp3) is 0.480. The SMILES string of the molecule is Cc1cc(C#N)cnc1N(CC1(C)CC(C)(c2cccc(F)c2)C1)C(=O)NCC1CC1. The second-order valence-electron chi connectivity index (χ2n) is 9.93. The van der Waals surface area contributed by atoms with Crippen LogP contribution in [0.25, 0.3) is 0 Å². The number of aryl methyl sites for hydroxylation is 1. The highest BCUT2D eigenvalue weighted by Gasteiger charge is 2.51. The van der Waals surface area contributed by atoms with Gasteiger partial charge in [-0.2, -0.15) is 5.26 Å². The molecule has 2 aromatic rings. The normalized spacial score (nSPS) is 24.7. The van der Waals surface area contributed by atoms with Crippen molar-refractivity contribution in [2.45, 2.75) is 51.9 Å². The van der Waals surface area contributed by atoms with E-state index >= 15 is 0 Å². The summed E-state index contributed by atoms with van der Waals surface area (Å²) in [6.07, 6.45) is 5.55. The van der Waals surface area contributed by atoms with Crippen molar-refractivity contribution in [1.82, 2.24) is 10.3 Å². The zero-order valence-corrected chi connectivity index (χ0v) is 18.4. The third-order valence-corrected chi connectivity index (χ3v) is 6.61. The van der Waals surface area contributed by atoms with Crippen LogP contribution in [0.5, 0.6) is 0 Å². The van der Waals surface area contributed by atoms with Crippen molar-refractivity contribution in [3.8, 4) is 6.07 Å². The first kappa shape index (κ1) is 21.3. The van der Waals surface area contributed by atoms with Gasteiger partial charge in [0.25, 0.3) is 0 Å². The van der Waals surface area contributed by atoms with Gasteiger partial charge in [-0.3, -0.25) is 4.90 Å². The molecule has 1 heterocycles. The first-order valence-electron chi connectivity index (χ1n) is 10.9. The minimum atomic E-state index is -0.217. The molecular formula is C25H29FN4O. The van der Waals surface area contributed by atoms with Gasteiger partial charge in [0, 0.05) is 19.3 Å². The van der Waals surface area contributed by atoms with Crippen molar-refractivity contribution in [2.24, 2.45) is 11.3 Å². The van der Waals surface area contributed by atoms with E-state index in [1.165, 1.54) is 12.3 Å². The number of nitriles is 1. The lowest BCUT2D eigenvalue weighted by Gasteiger charge is -2.55. The van der Waals surface area contributed by atoms with Crippen LogP contribution < -0.4 is 10.2 Å². The molecule has 1 N–H and O–H groups in total. The molecule has 0 unspecified atom stereocenters. The van der Waals surface area contributed by atoms with E-state index in [-0.39, 0.29) is 22.7 Å². The van der Waals surface area contributed by atoms with Crippen LogP contribution in [-0.2, 0) is 5.41 Å². The molecule has 4 rings (SSSR count). The van der Waals surface area contributed by atoms with Gasteiger partial charge >= 0.3 is 6.03 Å². The first-order valence-corrected chi connectivity index (χ1v) is 10.9. The number of hydrogen-bond acceptors (Lipinski definition) is 3. The Morgan fingerprint density at radius 3 is 2.68 bits per heavy atom. The van der Waals surface area contributed by atoms with Crippen molar-refractivity contribution >= 4 is 11.8 Å². The predicted molar refractivity (Wildman–Crippen MR) is 118 cm³/mol. The van der Waals surface area contributed by atoms with Gasteiger partial charge in [-0.25, -0.2) is 14.2 Å². The highest BCUT2D eigenvalue weighted by molar-refractivity contribution is 5.91. The fourth-order valence-corrected chi connectivity index (χ4v) is 5.20. The zero-order chi connectivity index (χ0) is 22.2. The minimum absolute atomic E-state index is 0.111. The maximum atomic E-state index is 13.8. The summed E-state index contributed by atoms with van der Waals surface area (Å²) < 4.78 is 13.8. The van der Waals surface area contributed by atoms with Crippen LogP contribution in [0.4, 0.5) is 15.0 Å². The van der Waals surface area contributed by atoms with E-state index in [0.29, 0.717) is 30.4 Å². The van der Waals surface area contributed by atoms with Crippen molar-refractivity contribution in [2.75, 3.05) is 18.0 Å². The number of amides is 2. The monoisotopic (exact) mass is 420 g/mol. The molecule has 1 aromatic carbocycles. The number of anilines is 1. The molecule has 2 aliphatic rings. The first-order chi connectivity index (χ1) is 14.7. The number of pyridine rings is 1. The van der Waals surface area contributed by atoms with E-state index in [1.807, 2.05) is 13.0 Å². The Morgan fingerprint density at radius 1 is 1.32 bits per heavy atom. The summed E-state index contributed by atoms with van der Waals surface area (Å²) >= 11 is 0. The van der Waals surface area contributed by atoms with Gasteiger partial charge in [0.15, 0.2) is 0 Å². The zero-order valence-electron chi connectivity index (χ0n) is 18.4. The van der Waals surface area contributed by atoms with Crippen LogP contribution in [-0.4, -0.2) is 24.1 Å². The highest BCUT2D eigenvalue weighted by atomic mass is 19.1. The Hall–Kier alpha value is -2.94. The summed E-state index contributed by atoms with van der Waals surface area (Å²) in [5.74, 6) is 0.954. The molecule has 162 valence electrons. The standard InChI is InChI=1S/C25H29FN4O/c1-17-9-19(11-27)13-28-22(17)30(23(31)29-12-18-7-8-18)16-24(2)14-25(3,15-24)20-5-4-6-21(26)10-20/h4-6,9-10,13,18H,7-8,12,14-16H2,1-3H3,(H,29,31). The molecule has 6 heteroatoms. The molecule has 2 amide bonds. The van der Waals surface area contributed by atoms with Crippen LogP contribution in [0.3, 0.4) is 0 Å². The minimum Gasteiger partial charge on any atom is -0.337 e. The lowest BCUT2D eigenvalue weighted by molar-refractivity contribution is 0.0596. The van der Waals surface area contributed by atoms with Crippen molar-refractivity contribution in [3.63, 3.8) is 0 Å². The van der Waals surface area contributed by atoms with E-state index in [4.69, 9.17) is 5.26 Å². The molecule has 0 radical (unpaired) electrons. The number of aromatic nitrogens is 1. The summed E-state index contributed by atoms with van der Waals surface area (Å²) in [4.78, 5) is 19.3. The summed E-state index contributed by atoms with van der Waals surface area (Å²) in [7, 11) is 0. The summed E-state index contributed by atoms with van der Waals surface area (Å²) in [6.45, 7) is 7.42. The largest absolute Gasteiger partial charge is 0.337 e. The Kier molecular flexibility index (Phi) is 5.47. The van der Waals surface area contributed by atoms with Crippen molar-refractivity contribution < 1.29 is 9.18 Å². The lowest BCUT2D eigenvalue weighted by atomic mass is 9.52. The van der Waals surface area contributed by atoms with Crippen LogP contribution >= 0.6 is 0 Å². The van der Waals surface area contributed by atoms with E-state index < -0.39 is 0 Å². The highest BCUT2D eigenvalue weighted by Crippen LogP contribution is 2.56. The quantitative estimate of drug-likeness (QED) is 0.708. The van der Waals surface area contributed by atoms with E-state index in [0.717, 1.165) is 36.8 Å². The summed E-state index contributed by atoms with van der Waals surface area (Å²) in [5.41, 5.74) is 2.06. The van der Waals surface area contributed by atoms with Crippen molar-refractivity contribution in [1.29, 1.82) is 5.26 Å². The number of carbonyl (C=O) groups is 1. The maximum Gasteiger partial charge on any atom is 0.323 e. The lowest BCUT2D eigenvalue weighted by Crippen LogP contribution is -2.55. The van der Waals surface area contributed by atoms with Gasteiger partial charge < -0.3 is 5.32 Å². The maximum absolute atomic E-state index is 13.8. The van der Waals surface area contributed by atoms with Crippen LogP contribution in [0.15, 0.2) is 36.5 Å². The number of hydrogen-bond donors (Lipinski definition) is 1. The van der Waals surface area contributed by atoms with Crippen LogP contribution in [0.1, 0.15) is 56.2 Å². The number of halogens is 1. The van der Waals surface area contributed by atoms with Gasteiger partial charge in [-0.05, 0) is 78.7 Å². The molecule has 0 atom stereocenters. The fourth-order valence-electron chi connectivity index (χ4n) is 5.20. The molecule has 31 heavy (non-hydrogen) atoms. The Morgan fingerprint density at radius 2 is 2.06 bits per heavy atom. The number of benzene rings is 1. The number of rotatable bonds is 6. The molecule has 0 saturated heterocycles. The van der Waals surface area contributed by atoms with Gasteiger partial charge in [0.2, 0.25) is 0 Å². The summed E-state index contributed by atoms with van der Waals surface area (Å²) in [5, 5.41) is 12.2. The Labute approximate surface area is 183 Å². The molecule has 0 aliphatic heterocycles.